The first-order valence-electron chi connectivity index (χ1n) is 5.16. The second-order valence-electron chi connectivity index (χ2n) is 3.65. The van der Waals surface area contributed by atoms with Gasteiger partial charge in [0.05, 0.1) is 15.7 Å². The Kier molecular flexibility index (Phi) is 4.29. The van der Waals surface area contributed by atoms with Crippen LogP contribution in [-0.2, 0) is 0 Å². The van der Waals surface area contributed by atoms with Crippen LogP contribution in [0.25, 0.3) is 0 Å². The molecule has 2 rings (SSSR count). The number of aromatic nitrogens is 1. The van der Waals surface area contributed by atoms with Crippen molar-refractivity contribution in [3.05, 3.63) is 50.5 Å². The van der Waals surface area contributed by atoms with E-state index in [1.54, 1.807) is 30.3 Å². The zero-order valence-corrected chi connectivity index (χ0v) is 12.6. The normalized spacial score (nSPS) is 10.3. The molecule has 1 amide bonds. The molecule has 1 heterocycles. The lowest BCUT2D eigenvalue weighted by atomic mass is 10.3. The number of carbonyl (C=O) groups is 1. The monoisotopic (exact) mass is 359 g/mol. The minimum Gasteiger partial charge on any atom is -0.384 e. The van der Waals surface area contributed by atoms with Crippen LogP contribution in [0.1, 0.15) is 10.5 Å². The standard InChI is InChI=1S/C12H8BrCl2N3O/c13-6-4-7(14)11(8(15)5-6)18-12(19)9-2-1-3-10(16)17-9/h1-5H,(H2,16,17)(H,18,19). The largest absolute Gasteiger partial charge is 0.384 e. The maximum atomic E-state index is 12.0. The molecule has 0 aliphatic rings. The van der Waals surface area contributed by atoms with Gasteiger partial charge in [0.1, 0.15) is 11.5 Å². The zero-order chi connectivity index (χ0) is 14.0. The third-order valence-corrected chi connectivity index (χ3v) is 3.30. The molecule has 2 aromatic rings. The number of halogens is 3. The minimum absolute atomic E-state index is 0.190. The molecule has 0 aliphatic heterocycles. The minimum atomic E-state index is -0.432. The Morgan fingerprint density at radius 3 is 2.47 bits per heavy atom. The number of pyridine rings is 1. The van der Waals surface area contributed by atoms with Gasteiger partial charge >= 0.3 is 0 Å². The van der Waals surface area contributed by atoms with E-state index in [2.05, 4.69) is 26.2 Å². The summed E-state index contributed by atoms with van der Waals surface area (Å²) in [5.74, 6) is -0.168. The first-order chi connectivity index (χ1) is 8.97. The molecule has 7 heteroatoms. The molecule has 19 heavy (non-hydrogen) atoms. The molecule has 0 radical (unpaired) electrons. The van der Waals surface area contributed by atoms with E-state index in [1.165, 1.54) is 0 Å². The maximum Gasteiger partial charge on any atom is 0.274 e. The van der Waals surface area contributed by atoms with E-state index in [0.717, 1.165) is 4.47 Å². The summed E-state index contributed by atoms with van der Waals surface area (Å²) in [7, 11) is 0. The van der Waals surface area contributed by atoms with Crippen molar-refractivity contribution in [2.75, 3.05) is 11.1 Å². The third kappa shape index (κ3) is 3.37. The number of carbonyl (C=O) groups excluding carboxylic acids is 1. The quantitative estimate of drug-likeness (QED) is 0.850. The van der Waals surface area contributed by atoms with E-state index in [0.29, 0.717) is 15.7 Å². The summed E-state index contributed by atoms with van der Waals surface area (Å²) in [4.78, 5) is 15.9. The molecule has 0 saturated heterocycles. The second kappa shape index (κ2) is 5.77. The molecule has 98 valence electrons. The van der Waals surface area contributed by atoms with Crippen LogP contribution >= 0.6 is 39.1 Å². The number of hydrogen-bond donors (Lipinski definition) is 2. The number of rotatable bonds is 2. The van der Waals surface area contributed by atoms with Crippen molar-refractivity contribution >= 4 is 56.5 Å². The molecule has 1 aromatic carbocycles. The predicted octanol–water partition coefficient (Wildman–Crippen LogP) is 3.99. The van der Waals surface area contributed by atoms with Gasteiger partial charge in [-0.3, -0.25) is 4.79 Å². The summed E-state index contributed by atoms with van der Waals surface area (Å²) in [5.41, 5.74) is 6.04. The lowest BCUT2D eigenvalue weighted by Gasteiger charge is -2.09. The van der Waals surface area contributed by atoms with Crippen LogP contribution < -0.4 is 11.1 Å². The van der Waals surface area contributed by atoms with Gasteiger partial charge in [-0.1, -0.05) is 45.2 Å². The van der Waals surface area contributed by atoms with Gasteiger partial charge in [-0.2, -0.15) is 0 Å². The molecule has 3 N–H and O–H groups in total. The number of hydrogen-bond acceptors (Lipinski definition) is 3. The van der Waals surface area contributed by atoms with Crippen molar-refractivity contribution in [3.63, 3.8) is 0 Å². The van der Waals surface area contributed by atoms with Crippen LogP contribution in [0.3, 0.4) is 0 Å². The molecule has 0 unspecified atom stereocenters. The van der Waals surface area contributed by atoms with E-state index >= 15 is 0 Å². The van der Waals surface area contributed by atoms with E-state index in [9.17, 15) is 4.79 Å². The zero-order valence-electron chi connectivity index (χ0n) is 9.45. The lowest BCUT2D eigenvalue weighted by molar-refractivity contribution is 0.102. The fraction of sp³-hybridized carbons (Fsp3) is 0. The molecule has 0 spiro atoms. The molecule has 1 aromatic heterocycles. The number of nitrogens with zero attached hydrogens (tertiary/aromatic N) is 1. The first kappa shape index (κ1) is 14.1. The molecular formula is C12H8BrCl2N3O. The number of nitrogen functional groups attached to an aromatic ring is 1. The van der Waals surface area contributed by atoms with E-state index in [4.69, 9.17) is 28.9 Å². The van der Waals surface area contributed by atoms with Crippen LogP contribution in [-0.4, -0.2) is 10.9 Å². The molecule has 4 nitrogen and oxygen atoms in total. The van der Waals surface area contributed by atoms with Crippen LogP contribution in [0.15, 0.2) is 34.8 Å². The smallest absolute Gasteiger partial charge is 0.274 e. The predicted molar refractivity (Wildman–Crippen MR) is 80.8 cm³/mol. The van der Waals surface area contributed by atoms with E-state index in [-0.39, 0.29) is 11.5 Å². The summed E-state index contributed by atoms with van der Waals surface area (Å²) in [6.07, 6.45) is 0. The SMILES string of the molecule is Nc1cccc(C(=O)Nc2c(Cl)cc(Br)cc2Cl)n1. The van der Waals surface area contributed by atoms with Gasteiger partial charge in [-0.05, 0) is 24.3 Å². The average molecular weight is 361 g/mol. The second-order valence-corrected chi connectivity index (χ2v) is 5.38. The van der Waals surface area contributed by atoms with Crippen LogP contribution in [0.5, 0.6) is 0 Å². The Morgan fingerprint density at radius 1 is 1.26 bits per heavy atom. The Labute approximate surface area is 128 Å². The van der Waals surface area contributed by atoms with Gasteiger partial charge in [-0.25, -0.2) is 4.98 Å². The summed E-state index contributed by atoms with van der Waals surface area (Å²) in [6.45, 7) is 0. The average Bonchev–Trinajstić information content (AvgIpc) is 2.33. The first-order valence-corrected chi connectivity index (χ1v) is 6.70. The highest BCUT2D eigenvalue weighted by molar-refractivity contribution is 9.10. The van der Waals surface area contributed by atoms with Crippen molar-refractivity contribution in [2.24, 2.45) is 0 Å². The number of nitrogens with one attached hydrogen (secondary N) is 1. The van der Waals surface area contributed by atoms with E-state index in [1.807, 2.05) is 0 Å². The molecule has 0 fully saturated rings. The highest BCUT2D eigenvalue weighted by atomic mass is 79.9. The van der Waals surface area contributed by atoms with Crippen LogP contribution in [0.4, 0.5) is 11.5 Å². The van der Waals surface area contributed by atoms with Crippen LogP contribution in [0, 0.1) is 0 Å². The maximum absolute atomic E-state index is 12.0. The van der Waals surface area contributed by atoms with E-state index < -0.39 is 5.91 Å². The van der Waals surface area contributed by atoms with Crippen molar-refractivity contribution in [1.29, 1.82) is 0 Å². The molecule has 0 bridgehead atoms. The van der Waals surface area contributed by atoms with Crippen molar-refractivity contribution < 1.29 is 4.79 Å². The summed E-state index contributed by atoms with van der Waals surface area (Å²) in [5, 5.41) is 3.27. The molecular weight excluding hydrogens is 353 g/mol. The van der Waals surface area contributed by atoms with Gasteiger partial charge in [0.15, 0.2) is 0 Å². The Morgan fingerprint density at radius 2 is 1.89 bits per heavy atom. The third-order valence-electron chi connectivity index (χ3n) is 2.25. The summed E-state index contributed by atoms with van der Waals surface area (Å²) in [6, 6.07) is 8.05. The highest BCUT2D eigenvalue weighted by Crippen LogP contribution is 2.33. The van der Waals surface area contributed by atoms with Gasteiger partial charge in [0, 0.05) is 4.47 Å². The van der Waals surface area contributed by atoms with Crippen molar-refractivity contribution in [3.8, 4) is 0 Å². The highest BCUT2D eigenvalue weighted by Gasteiger charge is 2.13. The molecule has 0 aliphatic carbocycles. The Bertz CT molecular complexity index is 626. The summed E-state index contributed by atoms with van der Waals surface area (Å²) >= 11 is 15.3. The fourth-order valence-electron chi connectivity index (χ4n) is 1.42. The van der Waals surface area contributed by atoms with Gasteiger partial charge < -0.3 is 11.1 Å². The van der Waals surface area contributed by atoms with Crippen molar-refractivity contribution in [1.82, 2.24) is 4.98 Å². The fourth-order valence-corrected chi connectivity index (χ4v) is 2.72. The number of amides is 1. The molecule has 0 atom stereocenters. The number of anilines is 2. The Hall–Kier alpha value is -1.30. The number of nitrogens with two attached hydrogens (primary N) is 1. The number of benzene rings is 1. The Balaban J connectivity index is 2.29. The van der Waals surface area contributed by atoms with Crippen molar-refractivity contribution in [2.45, 2.75) is 0 Å². The molecule has 0 saturated carbocycles. The van der Waals surface area contributed by atoms with Gasteiger partial charge in [0.2, 0.25) is 0 Å². The summed E-state index contributed by atoms with van der Waals surface area (Å²) < 4.78 is 0.725. The lowest BCUT2D eigenvalue weighted by Crippen LogP contribution is -2.14. The van der Waals surface area contributed by atoms with Gasteiger partial charge in [-0.15, -0.1) is 0 Å². The van der Waals surface area contributed by atoms with Gasteiger partial charge in [0.25, 0.3) is 5.91 Å². The van der Waals surface area contributed by atoms with Crippen LogP contribution in [0.2, 0.25) is 10.0 Å². The topological polar surface area (TPSA) is 68.0 Å².